The van der Waals surface area contributed by atoms with E-state index >= 15 is 0 Å². The quantitative estimate of drug-likeness (QED) is 0.687. The van der Waals surface area contributed by atoms with Gasteiger partial charge in [-0.15, -0.1) is 0 Å². The second-order valence-electron chi connectivity index (χ2n) is 5.99. The zero-order valence-electron chi connectivity index (χ0n) is 12.6. The third-order valence-corrected chi connectivity index (χ3v) is 4.42. The van der Waals surface area contributed by atoms with Gasteiger partial charge in [-0.1, -0.05) is 0 Å². The molecule has 1 amide bonds. The van der Waals surface area contributed by atoms with Crippen LogP contribution in [0.3, 0.4) is 0 Å². The van der Waals surface area contributed by atoms with E-state index in [2.05, 4.69) is 9.80 Å². The van der Waals surface area contributed by atoms with Crippen molar-refractivity contribution in [3.05, 3.63) is 0 Å². The van der Waals surface area contributed by atoms with Crippen LogP contribution in [0.2, 0.25) is 0 Å². The molecule has 2 rings (SSSR count). The molecule has 0 aliphatic carbocycles. The molecule has 2 saturated heterocycles. The summed E-state index contributed by atoms with van der Waals surface area (Å²) < 4.78 is 0. The Morgan fingerprint density at radius 2 is 1.50 bits per heavy atom. The summed E-state index contributed by atoms with van der Waals surface area (Å²) in [7, 11) is 0. The first kappa shape index (κ1) is 15.7. The van der Waals surface area contributed by atoms with Gasteiger partial charge in [0.15, 0.2) is 0 Å². The lowest BCUT2D eigenvalue weighted by Gasteiger charge is -2.35. The third-order valence-electron chi connectivity index (χ3n) is 4.42. The molecule has 0 radical (unpaired) electrons. The third kappa shape index (κ3) is 5.04. The number of unbranched alkanes of at least 4 members (excludes halogenated alkanes) is 2. The molecule has 0 spiro atoms. The zero-order valence-corrected chi connectivity index (χ0v) is 12.6. The highest BCUT2D eigenvalue weighted by atomic mass is 16.2. The van der Waals surface area contributed by atoms with E-state index in [0.717, 1.165) is 58.7 Å². The van der Waals surface area contributed by atoms with E-state index in [-0.39, 0.29) is 0 Å². The van der Waals surface area contributed by atoms with Gasteiger partial charge in [0.25, 0.3) is 0 Å². The molecule has 0 atom stereocenters. The van der Waals surface area contributed by atoms with Crippen molar-refractivity contribution < 1.29 is 9.90 Å². The molecule has 5 nitrogen and oxygen atoms in total. The molecule has 0 aromatic rings. The number of piperazine rings is 1. The molecule has 116 valence electrons. The van der Waals surface area contributed by atoms with E-state index in [1.165, 1.54) is 19.3 Å². The second kappa shape index (κ2) is 8.60. The molecule has 0 aromatic heterocycles. The summed E-state index contributed by atoms with van der Waals surface area (Å²) in [6, 6.07) is 0. The summed E-state index contributed by atoms with van der Waals surface area (Å²) in [5.74, 6) is 0.318. The Balaban J connectivity index is 1.58. The van der Waals surface area contributed by atoms with Crippen molar-refractivity contribution >= 4 is 5.91 Å². The van der Waals surface area contributed by atoms with Crippen molar-refractivity contribution in [2.45, 2.75) is 32.1 Å². The van der Waals surface area contributed by atoms with Crippen LogP contribution in [0.1, 0.15) is 32.1 Å². The molecule has 0 unspecified atom stereocenters. The summed E-state index contributed by atoms with van der Waals surface area (Å²) >= 11 is 0. The number of carbonyl (C=O) groups excluding carboxylic acids is 1. The first-order valence-electron chi connectivity index (χ1n) is 8.13. The summed E-state index contributed by atoms with van der Waals surface area (Å²) in [4.78, 5) is 18.9. The standard InChI is InChI=1S/C15H29N3O2/c19-13-5-1-2-6-16-9-11-17(12-10-16)14-15(20)18-7-3-4-8-18/h19H,1-14H2. The maximum atomic E-state index is 12.1. The number of aliphatic hydroxyl groups is 1. The predicted octanol–water partition coefficient (Wildman–Crippen LogP) is 0.389. The maximum absolute atomic E-state index is 12.1. The first-order chi connectivity index (χ1) is 9.79. The van der Waals surface area contributed by atoms with Crippen LogP contribution in [0.25, 0.3) is 0 Å². The maximum Gasteiger partial charge on any atom is 0.236 e. The van der Waals surface area contributed by atoms with Crippen LogP contribution in [0.5, 0.6) is 0 Å². The van der Waals surface area contributed by atoms with E-state index in [9.17, 15) is 4.79 Å². The predicted molar refractivity (Wildman–Crippen MR) is 79.6 cm³/mol. The Kier molecular flexibility index (Phi) is 6.76. The number of aliphatic hydroxyl groups excluding tert-OH is 1. The minimum Gasteiger partial charge on any atom is -0.396 e. The Labute approximate surface area is 122 Å². The highest BCUT2D eigenvalue weighted by molar-refractivity contribution is 5.78. The molecule has 0 saturated carbocycles. The molecule has 2 heterocycles. The van der Waals surface area contributed by atoms with Crippen molar-refractivity contribution in [3.8, 4) is 0 Å². The van der Waals surface area contributed by atoms with E-state index in [0.29, 0.717) is 19.1 Å². The van der Waals surface area contributed by atoms with Crippen molar-refractivity contribution in [3.63, 3.8) is 0 Å². The fraction of sp³-hybridized carbons (Fsp3) is 0.933. The molecular formula is C15H29N3O2. The number of hydrogen-bond acceptors (Lipinski definition) is 4. The highest BCUT2D eigenvalue weighted by Crippen LogP contribution is 2.09. The average Bonchev–Trinajstić information content (AvgIpc) is 3.00. The first-order valence-corrected chi connectivity index (χ1v) is 8.13. The topological polar surface area (TPSA) is 47.0 Å². The Morgan fingerprint density at radius 1 is 0.850 bits per heavy atom. The van der Waals surface area contributed by atoms with Gasteiger partial charge in [0.05, 0.1) is 6.54 Å². The summed E-state index contributed by atoms with van der Waals surface area (Å²) in [5, 5.41) is 8.76. The van der Waals surface area contributed by atoms with Gasteiger partial charge >= 0.3 is 0 Å². The second-order valence-corrected chi connectivity index (χ2v) is 5.99. The van der Waals surface area contributed by atoms with Crippen LogP contribution in [0, 0.1) is 0 Å². The average molecular weight is 283 g/mol. The van der Waals surface area contributed by atoms with Crippen LogP contribution >= 0.6 is 0 Å². The van der Waals surface area contributed by atoms with Crippen LogP contribution in [0.15, 0.2) is 0 Å². The number of likely N-dealkylation sites (tertiary alicyclic amines) is 1. The minimum absolute atomic E-state index is 0.312. The van der Waals surface area contributed by atoms with Gasteiger partial charge in [0.2, 0.25) is 5.91 Å². The van der Waals surface area contributed by atoms with Crippen molar-refractivity contribution in [2.24, 2.45) is 0 Å². The van der Waals surface area contributed by atoms with Crippen LogP contribution < -0.4 is 0 Å². The SMILES string of the molecule is O=C(CN1CCN(CCCCCO)CC1)N1CCCC1. The lowest BCUT2D eigenvalue weighted by molar-refractivity contribution is -0.131. The van der Waals surface area contributed by atoms with Gasteiger partial charge < -0.3 is 14.9 Å². The fourth-order valence-corrected chi connectivity index (χ4v) is 3.05. The van der Waals surface area contributed by atoms with E-state index < -0.39 is 0 Å². The van der Waals surface area contributed by atoms with Crippen LogP contribution in [0.4, 0.5) is 0 Å². The minimum atomic E-state index is 0.312. The highest BCUT2D eigenvalue weighted by Gasteiger charge is 2.23. The molecule has 20 heavy (non-hydrogen) atoms. The number of carbonyl (C=O) groups is 1. The van der Waals surface area contributed by atoms with Crippen molar-refractivity contribution in [1.82, 2.24) is 14.7 Å². The Morgan fingerprint density at radius 3 is 2.15 bits per heavy atom. The van der Waals surface area contributed by atoms with Gasteiger partial charge in [0, 0.05) is 45.9 Å². The van der Waals surface area contributed by atoms with Gasteiger partial charge in [-0.05, 0) is 38.6 Å². The summed E-state index contributed by atoms with van der Waals surface area (Å²) in [5.41, 5.74) is 0. The van der Waals surface area contributed by atoms with E-state index in [4.69, 9.17) is 5.11 Å². The lowest BCUT2D eigenvalue weighted by Crippen LogP contribution is -2.49. The Hall–Kier alpha value is -0.650. The van der Waals surface area contributed by atoms with Crippen LogP contribution in [-0.4, -0.2) is 84.7 Å². The van der Waals surface area contributed by atoms with Crippen molar-refractivity contribution in [2.75, 3.05) is 59.0 Å². The molecule has 2 aliphatic rings. The molecule has 1 N–H and O–H groups in total. The largest absolute Gasteiger partial charge is 0.396 e. The molecule has 5 heteroatoms. The van der Waals surface area contributed by atoms with E-state index in [1.54, 1.807) is 0 Å². The molecule has 0 aromatic carbocycles. The van der Waals surface area contributed by atoms with Crippen molar-refractivity contribution in [1.29, 1.82) is 0 Å². The number of amides is 1. The lowest BCUT2D eigenvalue weighted by atomic mass is 10.2. The molecule has 2 fully saturated rings. The Bertz CT molecular complexity index is 285. The summed E-state index contributed by atoms with van der Waals surface area (Å²) in [6.45, 7) is 8.16. The van der Waals surface area contributed by atoms with Gasteiger partial charge in [0.1, 0.15) is 0 Å². The summed E-state index contributed by atoms with van der Waals surface area (Å²) in [6.07, 6.45) is 5.56. The van der Waals surface area contributed by atoms with Gasteiger partial charge in [-0.2, -0.15) is 0 Å². The van der Waals surface area contributed by atoms with Gasteiger partial charge in [-0.3, -0.25) is 9.69 Å². The smallest absolute Gasteiger partial charge is 0.236 e. The zero-order chi connectivity index (χ0) is 14.2. The monoisotopic (exact) mass is 283 g/mol. The number of rotatable bonds is 7. The molecular weight excluding hydrogens is 254 g/mol. The molecule has 0 bridgehead atoms. The van der Waals surface area contributed by atoms with Crippen LogP contribution in [-0.2, 0) is 4.79 Å². The number of hydrogen-bond donors (Lipinski definition) is 1. The number of nitrogens with zero attached hydrogens (tertiary/aromatic N) is 3. The normalized spacial score (nSPS) is 21.6. The molecule has 2 aliphatic heterocycles. The van der Waals surface area contributed by atoms with Gasteiger partial charge in [-0.25, -0.2) is 0 Å². The fourth-order valence-electron chi connectivity index (χ4n) is 3.05. The van der Waals surface area contributed by atoms with E-state index in [1.807, 2.05) is 4.90 Å².